The summed E-state index contributed by atoms with van der Waals surface area (Å²) in [5.74, 6) is -0.630. The number of hydrogen-bond donors (Lipinski definition) is 1. The number of carbonyl (C=O) groups is 1. The molecule has 0 saturated carbocycles. The van der Waals surface area contributed by atoms with Gasteiger partial charge in [-0.05, 0) is 20.8 Å². The Morgan fingerprint density at radius 1 is 1.16 bits per heavy atom. The van der Waals surface area contributed by atoms with Gasteiger partial charge >= 0.3 is 5.97 Å². The lowest BCUT2D eigenvalue weighted by molar-refractivity contribution is -0.143. The summed E-state index contributed by atoms with van der Waals surface area (Å²) < 4.78 is 23.4. The van der Waals surface area contributed by atoms with Crippen molar-refractivity contribution in [1.82, 2.24) is 9.80 Å². The molecule has 0 radical (unpaired) electrons. The number of carboxylic acids is 1. The maximum atomic E-state index is 11.7. The molecule has 6 nitrogen and oxygen atoms in total. The van der Waals surface area contributed by atoms with Crippen molar-refractivity contribution in [2.24, 2.45) is 0 Å². The number of carboxylic acid groups (broad SMARTS) is 1. The maximum absolute atomic E-state index is 11.7. The first kappa shape index (κ1) is 16.4. The first-order valence-corrected chi connectivity index (χ1v) is 8.36. The molecule has 0 aliphatic carbocycles. The molecule has 1 rings (SSSR count). The molecule has 7 heteroatoms. The van der Waals surface area contributed by atoms with Crippen molar-refractivity contribution in [3.05, 3.63) is 0 Å². The van der Waals surface area contributed by atoms with Crippen molar-refractivity contribution in [1.29, 1.82) is 0 Å². The van der Waals surface area contributed by atoms with Crippen LogP contribution in [0.1, 0.15) is 20.8 Å². The van der Waals surface area contributed by atoms with E-state index >= 15 is 0 Å². The fourth-order valence-corrected chi connectivity index (χ4v) is 3.01. The van der Waals surface area contributed by atoms with E-state index in [1.54, 1.807) is 20.8 Å². The third-order valence-corrected chi connectivity index (χ3v) is 5.91. The normalized spacial score (nSPS) is 20.6. The summed E-state index contributed by atoms with van der Waals surface area (Å²) in [5.41, 5.74) is 0. The molecule has 112 valence electrons. The Bertz CT molecular complexity index is 400. The van der Waals surface area contributed by atoms with Crippen LogP contribution < -0.4 is 0 Å². The number of sulfone groups is 1. The second-order valence-electron chi connectivity index (χ2n) is 5.31. The van der Waals surface area contributed by atoms with E-state index in [0.717, 1.165) is 13.1 Å². The van der Waals surface area contributed by atoms with Gasteiger partial charge < -0.3 is 5.11 Å². The molecule has 0 amide bonds. The lowest BCUT2D eigenvalue weighted by Gasteiger charge is -2.36. The molecule has 19 heavy (non-hydrogen) atoms. The van der Waals surface area contributed by atoms with E-state index in [4.69, 9.17) is 5.11 Å². The van der Waals surface area contributed by atoms with Crippen molar-refractivity contribution < 1.29 is 18.3 Å². The van der Waals surface area contributed by atoms with Gasteiger partial charge in [0.15, 0.2) is 9.84 Å². The maximum Gasteiger partial charge on any atom is 0.320 e. The average Bonchev–Trinajstić information content (AvgIpc) is 2.36. The quantitative estimate of drug-likeness (QED) is 0.736. The van der Waals surface area contributed by atoms with E-state index in [9.17, 15) is 13.2 Å². The van der Waals surface area contributed by atoms with Crippen LogP contribution in [0.15, 0.2) is 0 Å². The van der Waals surface area contributed by atoms with Crippen molar-refractivity contribution in [2.45, 2.75) is 32.1 Å². The second kappa shape index (κ2) is 6.67. The van der Waals surface area contributed by atoms with Crippen molar-refractivity contribution in [3.63, 3.8) is 0 Å². The zero-order valence-corrected chi connectivity index (χ0v) is 12.7. The Labute approximate surface area is 115 Å². The summed E-state index contributed by atoms with van der Waals surface area (Å²) in [6.07, 6.45) is 0. The zero-order chi connectivity index (χ0) is 14.6. The van der Waals surface area contributed by atoms with Crippen LogP contribution in [0.4, 0.5) is 0 Å². The molecule has 0 aromatic heterocycles. The van der Waals surface area contributed by atoms with Crippen LogP contribution in [0.25, 0.3) is 0 Å². The Hall–Kier alpha value is -0.660. The molecule has 0 aromatic carbocycles. The standard InChI is InChI=1S/C12H24N2O4S/c1-10(2)19(17,18)9-8-13-4-6-14(7-5-13)11(3)12(15)16/h10-11H,4-9H2,1-3H3,(H,15,16). The SMILES string of the molecule is CC(C(=O)O)N1CCN(CCS(=O)(=O)C(C)C)CC1. The Morgan fingerprint density at radius 2 is 1.68 bits per heavy atom. The fraction of sp³-hybridized carbons (Fsp3) is 0.917. The largest absolute Gasteiger partial charge is 0.480 e. The highest BCUT2D eigenvalue weighted by Gasteiger charge is 2.26. The van der Waals surface area contributed by atoms with Crippen LogP contribution in [-0.4, -0.2) is 79.1 Å². The molecule has 1 aliphatic heterocycles. The summed E-state index contributed by atoms with van der Waals surface area (Å²) in [6, 6.07) is -0.471. The van der Waals surface area contributed by atoms with Gasteiger partial charge in [0.2, 0.25) is 0 Å². The Morgan fingerprint density at radius 3 is 2.11 bits per heavy atom. The van der Waals surface area contributed by atoms with E-state index in [1.807, 2.05) is 4.90 Å². The topological polar surface area (TPSA) is 77.9 Å². The van der Waals surface area contributed by atoms with E-state index in [2.05, 4.69) is 4.90 Å². The fourth-order valence-electron chi connectivity index (χ4n) is 2.02. The van der Waals surface area contributed by atoms with Gasteiger partial charge in [0.1, 0.15) is 6.04 Å². The molecule has 1 saturated heterocycles. The summed E-state index contributed by atoms with van der Waals surface area (Å²) in [6.45, 7) is 8.42. The van der Waals surface area contributed by atoms with Crippen LogP contribution in [-0.2, 0) is 14.6 Å². The number of nitrogens with zero attached hydrogens (tertiary/aromatic N) is 2. The third-order valence-electron chi connectivity index (χ3n) is 3.72. The molecule has 0 aromatic rings. The summed E-state index contributed by atoms with van der Waals surface area (Å²) in [5, 5.41) is 8.60. The smallest absolute Gasteiger partial charge is 0.320 e. The monoisotopic (exact) mass is 292 g/mol. The van der Waals surface area contributed by atoms with Crippen LogP contribution >= 0.6 is 0 Å². The van der Waals surface area contributed by atoms with Gasteiger partial charge in [0, 0.05) is 32.7 Å². The lowest BCUT2D eigenvalue weighted by Crippen LogP contribution is -2.52. The molecule has 0 bridgehead atoms. The molecule has 1 unspecified atom stereocenters. The van der Waals surface area contributed by atoms with Gasteiger partial charge in [-0.25, -0.2) is 8.42 Å². The predicted octanol–water partition coefficient (Wildman–Crippen LogP) is -0.0997. The summed E-state index contributed by atoms with van der Waals surface area (Å²) in [4.78, 5) is 14.9. The Kier molecular flexibility index (Phi) is 5.76. The third kappa shape index (κ3) is 4.74. The molecule has 0 spiro atoms. The molecule has 1 fully saturated rings. The number of aliphatic carboxylic acids is 1. The van der Waals surface area contributed by atoms with Crippen LogP contribution in [0.3, 0.4) is 0 Å². The van der Waals surface area contributed by atoms with Crippen molar-refractivity contribution in [3.8, 4) is 0 Å². The minimum atomic E-state index is -2.99. The molecule has 1 atom stereocenters. The van der Waals surface area contributed by atoms with Gasteiger partial charge in [-0.15, -0.1) is 0 Å². The first-order valence-electron chi connectivity index (χ1n) is 6.65. The van der Waals surface area contributed by atoms with Crippen molar-refractivity contribution >= 4 is 15.8 Å². The minimum absolute atomic E-state index is 0.180. The highest BCUT2D eigenvalue weighted by atomic mass is 32.2. The van der Waals surface area contributed by atoms with Crippen molar-refractivity contribution in [2.75, 3.05) is 38.5 Å². The van der Waals surface area contributed by atoms with Gasteiger partial charge in [0.05, 0.1) is 11.0 Å². The predicted molar refractivity (Wildman–Crippen MR) is 74.0 cm³/mol. The summed E-state index contributed by atoms with van der Waals surface area (Å²) in [7, 11) is -2.99. The number of piperazine rings is 1. The van der Waals surface area contributed by atoms with Gasteiger partial charge in [-0.2, -0.15) is 0 Å². The van der Waals surface area contributed by atoms with Crippen LogP contribution in [0, 0.1) is 0 Å². The van der Waals surface area contributed by atoms with E-state index in [-0.39, 0.29) is 11.0 Å². The highest BCUT2D eigenvalue weighted by molar-refractivity contribution is 7.92. The molecule has 1 N–H and O–H groups in total. The molecular formula is C12H24N2O4S. The van der Waals surface area contributed by atoms with E-state index < -0.39 is 21.8 Å². The van der Waals surface area contributed by atoms with E-state index in [1.165, 1.54) is 0 Å². The average molecular weight is 292 g/mol. The molecular weight excluding hydrogens is 268 g/mol. The number of rotatable bonds is 6. The lowest BCUT2D eigenvalue weighted by atomic mass is 10.2. The second-order valence-corrected chi connectivity index (χ2v) is 7.98. The van der Waals surface area contributed by atoms with E-state index in [0.29, 0.717) is 19.6 Å². The zero-order valence-electron chi connectivity index (χ0n) is 11.9. The molecule has 1 aliphatic rings. The Balaban J connectivity index is 2.37. The highest BCUT2D eigenvalue weighted by Crippen LogP contribution is 2.08. The van der Waals surface area contributed by atoms with Gasteiger partial charge in [0.25, 0.3) is 0 Å². The molecule has 1 heterocycles. The number of hydrogen-bond acceptors (Lipinski definition) is 5. The van der Waals surface area contributed by atoms with Crippen LogP contribution in [0.2, 0.25) is 0 Å². The van der Waals surface area contributed by atoms with Gasteiger partial charge in [-0.3, -0.25) is 14.6 Å². The summed E-state index contributed by atoms with van der Waals surface area (Å²) >= 11 is 0. The van der Waals surface area contributed by atoms with Crippen LogP contribution in [0.5, 0.6) is 0 Å². The van der Waals surface area contributed by atoms with Gasteiger partial charge in [-0.1, -0.05) is 0 Å². The minimum Gasteiger partial charge on any atom is -0.480 e. The first-order chi connectivity index (χ1) is 8.74.